The number of pyridine rings is 1. The van der Waals surface area contributed by atoms with E-state index in [0.29, 0.717) is 22.2 Å². The Morgan fingerprint density at radius 1 is 1.18 bits per heavy atom. The maximum atomic E-state index is 13.6. The Kier molecular flexibility index (Phi) is 6.66. The number of nitrogens with zero attached hydrogens (tertiary/aromatic N) is 1. The second-order valence-electron chi connectivity index (χ2n) is 9.26. The summed E-state index contributed by atoms with van der Waals surface area (Å²) in [6.07, 6.45) is 1.60. The average Bonchev–Trinajstić information content (AvgIpc) is 3.61. The molecule has 8 nitrogen and oxygen atoms in total. The molecular weight excluding hydrogens is 533 g/mol. The van der Waals surface area contributed by atoms with Gasteiger partial charge in [0.25, 0.3) is 5.91 Å². The lowest BCUT2D eigenvalue weighted by atomic mass is 9.97. The van der Waals surface area contributed by atoms with E-state index in [9.17, 15) is 22.7 Å². The minimum atomic E-state index is -3.69. The maximum absolute atomic E-state index is 13.6. The van der Waals surface area contributed by atoms with Crippen LogP contribution in [0.5, 0.6) is 0 Å². The molecule has 0 spiro atoms. The topological polar surface area (TPSA) is 122 Å². The normalized spacial score (nSPS) is 14.4. The minimum absolute atomic E-state index is 0.0437. The van der Waals surface area contributed by atoms with Crippen molar-refractivity contribution in [2.75, 3.05) is 24.1 Å². The van der Waals surface area contributed by atoms with Gasteiger partial charge in [-0.15, -0.1) is 0 Å². The molecule has 2 heterocycles. The molecule has 0 unspecified atom stereocenters. The summed E-state index contributed by atoms with van der Waals surface area (Å²) in [6.45, 7) is 1.47. The van der Waals surface area contributed by atoms with Gasteiger partial charge in [0.05, 0.1) is 29.3 Å². The Bertz CT molecular complexity index is 1660. The van der Waals surface area contributed by atoms with Gasteiger partial charge >= 0.3 is 0 Å². The van der Waals surface area contributed by atoms with E-state index in [0.717, 1.165) is 18.4 Å². The number of nitrogens with one attached hydrogen (secondary N) is 2. The van der Waals surface area contributed by atoms with Gasteiger partial charge in [-0.2, -0.15) is 0 Å². The number of carbonyl (C=O) groups excluding carboxylic acids is 1. The second-order valence-corrected chi connectivity index (χ2v) is 11.6. The molecule has 11 heteroatoms. The number of aromatic nitrogens is 1. The second kappa shape index (κ2) is 9.68. The van der Waals surface area contributed by atoms with E-state index in [-0.39, 0.29) is 40.1 Å². The molecule has 0 radical (unpaired) electrons. The van der Waals surface area contributed by atoms with Crippen molar-refractivity contribution in [2.45, 2.75) is 25.2 Å². The first-order chi connectivity index (χ1) is 18.1. The first-order valence-electron chi connectivity index (χ1n) is 12.0. The molecule has 3 N–H and O–H groups in total. The zero-order valence-electron chi connectivity index (χ0n) is 20.6. The van der Waals surface area contributed by atoms with Crippen LogP contribution in [0.4, 0.5) is 10.1 Å². The van der Waals surface area contributed by atoms with Crippen LogP contribution in [-0.4, -0.2) is 43.8 Å². The van der Waals surface area contributed by atoms with Crippen LogP contribution in [0.3, 0.4) is 0 Å². The third-order valence-electron chi connectivity index (χ3n) is 6.89. The van der Waals surface area contributed by atoms with Crippen molar-refractivity contribution in [3.63, 3.8) is 0 Å². The largest absolute Gasteiger partial charge is 0.455 e. The zero-order chi connectivity index (χ0) is 27.2. The van der Waals surface area contributed by atoms with Gasteiger partial charge in [0, 0.05) is 35.0 Å². The standard InChI is InChI=1S/C27H25ClFN3O5S/c1-3-38(35,36)32-21-13-22-18(23(26(34)30-2)24(37-22)15-4-6-16(29)7-5-15)12-17(21)20-9-8-19(25(28)31-20)27(14-33)10-11-27/h4-9,12-13,32-33H,3,10-11,14H2,1-2H3,(H,30,34). The Morgan fingerprint density at radius 2 is 1.89 bits per heavy atom. The van der Waals surface area contributed by atoms with Crippen LogP contribution in [0.25, 0.3) is 33.6 Å². The third-order valence-corrected chi connectivity index (χ3v) is 8.47. The lowest BCUT2D eigenvalue weighted by molar-refractivity contribution is 0.0964. The number of sulfonamides is 1. The predicted octanol–water partition coefficient (Wildman–Crippen LogP) is 5.10. The molecule has 0 bridgehead atoms. The number of halogens is 2. The fraction of sp³-hybridized carbons (Fsp3) is 0.259. The number of aliphatic hydroxyl groups is 1. The molecule has 1 amide bonds. The van der Waals surface area contributed by atoms with E-state index >= 15 is 0 Å². The summed E-state index contributed by atoms with van der Waals surface area (Å²) < 4.78 is 47.3. The van der Waals surface area contributed by atoms with Crippen molar-refractivity contribution < 1.29 is 27.1 Å². The molecule has 38 heavy (non-hydrogen) atoms. The Labute approximate surface area is 223 Å². The summed E-state index contributed by atoms with van der Waals surface area (Å²) in [7, 11) is -2.21. The summed E-state index contributed by atoms with van der Waals surface area (Å²) in [6, 6.07) is 12.1. The first-order valence-corrected chi connectivity index (χ1v) is 14.0. The van der Waals surface area contributed by atoms with Crippen molar-refractivity contribution in [3.05, 3.63) is 70.6 Å². The number of benzene rings is 2. The maximum Gasteiger partial charge on any atom is 0.255 e. The summed E-state index contributed by atoms with van der Waals surface area (Å²) >= 11 is 6.54. The summed E-state index contributed by atoms with van der Waals surface area (Å²) in [5.74, 6) is -0.832. The fourth-order valence-corrected chi connectivity index (χ4v) is 5.48. The monoisotopic (exact) mass is 557 g/mol. The molecule has 1 aliphatic carbocycles. The number of hydrogen-bond acceptors (Lipinski definition) is 6. The van der Waals surface area contributed by atoms with Gasteiger partial charge < -0.3 is 14.8 Å². The molecule has 0 saturated heterocycles. The number of amides is 1. The van der Waals surface area contributed by atoms with Crippen LogP contribution in [-0.2, 0) is 15.4 Å². The molecule has 1 aliphatic rings. The van der Waals surface area contributed by atoms with Crippen LogP contribution in [0.1, 0.15) is 35.7 Å². The molecule has 2 aromatic carbocycles. The van der Waals surface area contributed by atoms with E-state index in [2.05, 4.69) is 15.0 Å². The number of rotatable bonds is 8. The van der Waals surface area contributed by atoms with Crippen LogP contribution < -0.4 is 10.0 Å². The molecular formula is C27H25ClFN3O5S. The Hall–Kier alpha value is -3.47. The molecule has 4 aromatic rings. The molecule has 5 rings (SSSR count). The third kappa shape index (κ3) is 4.63. The molecule has 1 saturated carbocycles. The summed E-state index contributed by atoms with van der Waals surface area (Å²) in [5.41, 5.74) is 2.21. The molecule has 198 valence electrons. The quantitative estimate of drug-likeness (QED) is 0.259. The fourth-order valence-electron chi connectivity index (χ4n) is 4.48. The molecule has 2 aromatic heterocycles. The van der Waals surface area contributed by atoms with Gasteiger partial charge in [-0.05, 0) is 61.7 Å². The number of anilines is 1. The Morgan fingerprint density at radius 3 is 2.47 bits per heavy atom. The van der Waals surface area contributed by atoms with Crippen molar-refractivity contribution in [1.82, 2.24) is 10.3 Å². The van der Waals surface area contributed by atoms with Crippen LogP contribution in [0.2, 0.25) is 5.15 Å². The van der Waals surface area contributed by atoms with Crippen molar-refractivity contribution in [3.8, 4) is 22.6 Å². The first kappa shape index (κ1) is 26.1. The van der Waals surface area contributed by atoms with Gasteiger partial charge in [-0.25, -0.2) is 17.8 Å². The van der Waals surface area contributed by atoms with E-state index < -0.39 is 27.2 Å². The van der Waals surface area contributed by atoms with Gasteiger partial charge in [-0.3, -0.25) is 9.52 Å². The highest BCUT2D eigenvalue weighted by Crippen LogP contribution is 2.50. The van der Waals surface area contributed by atoms with E-state index in [1.807, 2.05) is 0 Å². The molecule has 0 atom stereocenters. The summed E-state index contributed by atoms with van der Waals surface area (Å²) in [4.78, 5) is 17.5. The van der Waals surface area contributed by atoms with Crippen molar-refractivity contribution in [1.29, 1.82) is 0 Å². The van der Waals surface area contributed by atoms with Gasteiger partial charge in [-0.1, -0.05) is 17.7 Å². The number of hydrogen-bond donors (Lipinski definition) is 3. The van der Waals surface area contributed by atoms with Crippen LogP contribution >= 0.6 is 11.6 Å². The van der Waals surface area contributed by atoms with Gasteiger partial charge in [0.2, 0.25) is 10.0 Å². The lowest BCUT2D eigenvalue weighted by Gasteiger charge is -2.16. The summed E-state index contributed by atoms with van der Waals surface area (Å²) in [5, 5.41) is 13.1. The van der Waals surface area contributed by atoms with Gasteiger partial charge in [0.1, 0.15) is 22.3 Å². The molecule has 0 aliphatic heterocycles. The number of fused-ring (bicyclic) bond motifs is 1. The van der Waals surface area contributed by atoms with Crippen LogP contribution in [0.15, 0.2) is 52.9 Å². The van der Waals surface area contributed by atoms with Crippen molar-refractivity contribution in [2.24, 2.45) is 0 Å². The highest BCUT2D eigenvalue weighted by molar-refractivity contribution is 7.92. The average molecular weight is 558 g/mol. The SMILES string of the molecule is CCS(=O)(=O)Nc1cc2oc(-c3ccc(F)cc3)c(C(=O)NC)c2cc1-c1ccc(C2(CO)CC2)c(Cl)n1. The van der Waals surface area contributed by atoms with E-state index in [1.165, 1.54) is 44.3 Å². The van der Waals surface area contributed by atoms with Crippen LogP contribution in [0, 0.1) is 5.82 Å². The minimum Gasteiger partial charge on any atom is -0.455 e. The highest BCUT2D eigenvalue weighted by Gasteiger charge is 2.45. The lowest BCUT2D eigenvalue weighted by Crippen LogP contribution is -2.18. The number of furan rings is 1. The zero-order valence-corrected chi connectivity index (χ0v) is 22.2. The van der Waals surface area contributed by atoms with E-state index in [1.54, 1.807) is 18.2 Å². The Balaban J connectivity index is 1.75. The van der Waals surface area contributed by atoms with E-state index in [4.69, 9.17) is 16.0 Å². The molecule has 1 fully saturated rings. The smallest absolute Gasteiger partial charge is 0.255 e. The predicted molar refractivity (Wildman–Crippen MR) is 144 cm³/mol. The number of aliphatic hydroxyl groups excluding tert-OH is 1. The van der Waals surface area contributed by atoms with Gasteiger partial charge in [0.15, 0.2) is 0 Å². The highest BCUT2D eigenvalue weighted by atomic mass is 35.5. The number of carbonyl (C=O) groups is 1. The van der Waals surface area contributed by atoms with Crippen molar-refractivity contribution >= 4 is 44.2 Å².